The van der Waals surface area contributed by atoms with Crippen molar-refractivity contribution in [2.24, 2.45) is 5.92 Å². The number of H-pyrrole nitrogens is 1. The predicted molar refractivity (Wildman–Crippen MR) is 99.1 cm³/mol. The Balaban J connectivity index is 1.53. The average Bonchev–Trinajstić information content (AvgIpc) is 3.24. The highest BCUT2D eigenvalue weighted by Gasteiger charge is 2.28. The minimum Gasteiger partial charge on any atom is -0.333 e. The van der Waals surface area contributed by atoms with E-state index >= 15 is 0 Å². The minimum absolute atomic E-state index is 0.217. The number of hydrogen-bond donors (Lipinski definition) is 2. The van der Waals surface area contributed by atoms with Crippen LogP contribution in [0.15, 0.2) is 36.0 Å². The molecule has 1 aliphatic rings. The Labute approximate surface area is 154 Å². The molecular weight excluding hydrogens is 361 g/mol. The Kier molecular flexibility index (Phi) is 4.71. The Morgan fingerprint density at radius 3 is 3.12 bits per heavy atom. The van der Waals surface area contributed by atoms with Gasteiger partial charge in [0.2, 0.25) is 0 Å². The molecule has 0 spiro atoms. The number of halogens is 2. The quantitative estimate of drug-likeness (QED) is 0.537. The highest BCUT2D eigenvalue weighted by Crippen LogP contribution is 2.28. The topological polar surface area (TPSA) is 58.5 Å². The van der Waals surface area contributed by atoms with Crippen LogP contribution in [0.1, 0.15) is 13.3 Å². The summed E-state index contributed by atoms with van der Waals surface area (Å²) in [5.74, 6) is 0.983. The molecule has 3 atom stereocenters. The molecule has 0 amide bonds. The molecule has 0 saturated carbocycles. The van der Waals surface area contributed by atoms with Crippen molar-refractivity contribution in [3.63, 3.8) is 0 Å². The number of aromatic nitrogens is 4. The number of imidazole rings is 2. The first-order valence-electron chi connectivity index (χ1n) is 8.29. The highest BCUT2D eigenvalue weighted by molar-refractivity contribution is 7.99. The first-order valence-corrected chi connectivity index (χ1v) is 9.72. The van der Waals surface area contributed by atoms with Crippen LogP contribution in [0.25, 0.3) is 16.7 Å². The van der Waals surface area contributed by atoms with E-state index in [0.717, 1.165) is 29.4 Å². The van der Waals surface area contributed by atoms with Gasteiger partial charge in [-0.3, -0.25) is 0 Å². The van der Waals surface area contributed by atoms with Gasteiger partial charge in [0.1, 0.15) is 5.82 Å². The number of aromatic amines is 1. The fourth-order valence-corrected chi connectivity index (χ4v) is 4.54. The third-order valence-electron chi connectivity index (χ3n) is 4.74. The van der Waals surface area contributed by atoms with Crippen LogP contribution in [0.2, 0.25) is 0 Å². The lowest BCUT2D eigenvalue weighted by Gasteiger charge is -2.33. The zero-order valence-corrected chi connectivity index (χ0v) is 15.3. The number of fused-ring (bicyclic) bond motifs is 1. The lowest BCUT2D eigenvalue weighted by atomic mass is 9.93. The molecule has 2 aromatic heterocycles. The van der Waals surface area contributed by atoms with Gasteiger partial charge in [-0.05, 0) is 24.9 Å². The van der Waals surface area contributed by atoms with Crippen LogP contribution in [0.5, 0.6) is 0 Å². The number of piperidine rings is 1. The van der Waals surface area contributed by atoms with Crippen LogP contribution in [-0.2, 0) is 0 Å². The van der Waals surface area contributed by atoms with Crippen molar-refractivity contribution in [1.29, 1.82) is 0 Å². The number of thioether (sulfide) groups is 1. The Hall–Kier alpha value is -1.57. The summed E-state index contributed by atoms with van der Waals surface area (Å²) < 4.78 is 16.0. The van der Waals surface area contributed by atoms with Gasteiger partial charge in [0, 0.05) is 35.6 Å². The Morgan fingerprint density at radius 1 is 1.44 bits per heavy atom. The van der Waals surface area contributed by atoms with Crippen LogP contribution >= 0.6 is 23.4 Å². The van der Waals surface area contributed by atoms with Crippen LogP contribution in [0, 0.1) is 11.7 Å². The Bertz CT molecular complexity index is 865. The van der Waals surface area contributed by atoms with E-state index in [1.165, 1.54) is 6.07 Å². The van der Waals surface area contributed by atoms with Crippen LogP contribution in [0.3, 0.4) is 0 Å². The zero-order valence-electron chi connectivity index (χ0n) is 13.7. The van der Waals surface area contributed by atoms with E-state index < -0.39 is 0 Å². The van der Waals surface area contributed by atoms with Crippen LogP contribution in [0.4, 0.5) is 4.39 Å². The summed E-state index contributed by atoms with van der Waals surface area (Å²) >= 11 is 8.01. The van der Waals surface area contributed by atoms with Gasteiger partial charge in [-0.2, -0.15) is 0 Å². The van der Waals surface area contributed by atoms with Gasteiger partial charge >= 0.3 is 0 Å². The molecule has 132 valence electrons. The normalized spacial score (nSPS) is 24.0. The fraction of sp³-hybridized carbons (Fsp3) is 0.412. The number of rotatable bonds is 4. The molecule has 4 rings (SSSR count). The van der Waals surface area contributed by atoms with Crippen molar-refractivity contribution < 1.29 is 4.39 Å². The summed E-state index contributed by atoms with van der Waals surface area (Å²) in [5, 5.41) is 4.53. The fourth-order valence-electron chi connectivity index (χ4n) is 3.15. The molecule has 1 saturated heterocycles. The predicted octanol–water partition coefficient (Wildman–Crippen LogP) is 3.59. The van der Waals surface area contributed by atoms with Crippen LogP contribution in [-0.4, -0.2) is 43.2 Å². The van der Waals surface area contributed by atoms with Gasteiger partial charge in [0.05, 0.1) is 23.0 Å². The zero-order chi connectivity index (χ0) is 17.4. The number of nitrogens with one attached hydrogen (secondary N) is 2. The first-order chi connectivity index (χ1) is 12.1. The van der Waals surface area contributed by atoms with E-state index in [-0.39, 0.29) is 11.2 Å². The average molecular weight is 380 g/mol. The third kappa shape index (κ3) is 3.41. The second-order valence-corrected chi connectivity index (χ2v) is 7.94. The molecule has 0 bridgehead atoms. The number of hydrogen-bond acceptors (Lipinski definition) is 4. The summed E-state index contributed by atoms with van der Waals surface area (Å²) in [6.45, 7) is 3.13. The monoisotopic (exact) mass is 379 g/mol. The minimum atomic E-state index is -0.307. The van der Waals surface area contributed by atoms with Gasteiger partial charge in [0.15, 0.2) is 5.16 Å². The van der Waals surface area contributed by atoms with E-state index in [1.54, 1.807) is 41.1 Å². The second kappa shape index (κ2) is 6.97. The summed E-state index contributed by atoms with van der Waals surface area (Å²) in [6, 6.07) is 3.58. The van der Waals surface area contributed by atoms with Crippen molar-refractivity contribution in [2.75, 3.05) is 12.3 Å². The van der Waals surface area contributed by atoms with Crippen molar-refractivity contribution in [3.05, 3.63) is 36.7 Å². The van der Waals surface area contributed by atoms with E-state index in [9.17, 15) is 4.39 Å². The molecule has 8 heteroatoms. The molecular formula is C17H19ClFN5S. The van der Waals surface area contributed by atoms with E-state index in [0.29, 0.717) is 23.2 Å². The summed E-state index contributed by atoms with van der Waals surface area (Å²) in [5.41, 5.74) is 1.89. The number of benzene rings is 1. The maximum atomic E-state index is 14.3. The lowest BCUT2D eigenvalue weighted by Crippen LogP contribution is -2.46. The van der Waals surface area contributed by atoms with Crippen LogP contribution < -0.4 is 5.32 Å². The van der Waals surface area contributed by atoms with Crippen molar-refractivity contribution in [3.8, 4) is 5.69 Å². The molecule has 1 aromatic carbocycles. The third-order valence-corrected chi connectivity index (χ3v) is 6.35. The van der Waals surface area contributed by atoms with Gasteiger partial charge in [0.25, 0.3) is 0 Å². The van der Waals surface area contributed by atoms with Crippen molar-refractivity contribution in [1.82, 2.24) is 24.8 Å². The second-order valence-electron chi connectivity index (χ2n) is 6.37. The molecule has 2 N–H and O–H groups in total. The van der Waals surface area contributed by atoms with Gasteiger partial charge in [-0.1, -0.05) is 18.7 Å². The summed E-state index contributed by atoms with van der Waals surface area (Å²) in [4.78, 5) is 11.8. The lowest BCUT2D eigenvalue weighted by molar-refractivity contribution is 0.329. The number of alkyl halides is 1. The SMILES string of the molecule is CC1C(Cl)CCNC1CSc1nc2cc(-n3ccnc3)c(F)cc2[nH]1. The maximum Gasteiger partial charge on any atom is 0.166 e. The van der Waals surface area contributed by atoms with Gasteiger partial charge in [-0.25, -0.2) is 14.4 Å². The standard InChI is InChI=1S/C17H19ClFN5S/c1-10-11(18)2-3-21-15(10)8-25-17-22-13-6-12(19)16(7-14(13)23-17)24-5-4-20-9-24/h4-7,9-11,15,21H,2-3,8H2,1H3,(H,22,23). The van der Waals surface area contributed by atoms with Gasteiger partial charge < -0.3 is 14.9 Å². The van der Waals surface area contributed by atoms with E-state index in [2.05, 4.69) is 27.2 Å². The summed E-state index contributed by atoms with van der Waals surface area (Å²) in [6.07, 6.45) is 5.92. The van der Waals surface area contributed by atoms with Crippen molar-refractivity contribution >= 4 is 34.4 Å². The van der Waals surface area contributed by atoms with Crippen molar-refractivity contribution in [2.45, 2.75) is 29.9 Å². The maximum absolute atomic E-state index is 14.3. The first kappa shape index (κ1) is 16.9. The van der Waals surface area contributed by atoms with Gasteiger partial charge in [-0.15, -0.1) is 11.6 Å². The molecule has 1 aliphatic heterocycles. The highest BCUT2D eigenvalue weighted by atomic mass is 35.5. The molecule has 0 radical (unpaired) electrons. The van der Waals surface area contributed by atoms with E-state index in [1.807, 2.05) is 0 Å². The molecule has 3 aromatic rings. The number of nitrogens with zero attached hydrogens (tertiary/aromatic N) is 3. The Morgan fingerprint density at radius 2 is 2.32 bits per heavy atom. The largest absolute Gasteiger partial charge is 0.333 e. The molecule has 1 fully saturated rings. The van der Waals surface area contributed by atoms with E-state index in [4.69, 9.17) is 11.6 Å². The summed E-state index contributed by atoms with van der Waals surface area (Å²) in [7, 11) is 0. The molecule has 0 aliphatic carbocycles. The molecule has 5 nitrogen and oxygen atoms in total. The molecule has 3 unspecified atom stereocenters. The molecule has 25 heavy (non-hydrogen) atoms. The smallest absolute Gasteiger partial charge is 0.166 e. The molecule has 3 heterocycles.